The topological polar surface area (TPSA) is 67.0 Å². The van der Waals surface area contributed by atoms with Gasteiger partial charge >= 0.3 is 0 Å². The van der Waals surface area contributed by atoms with Crippen LogP contribution in [0.4, 0.5) is 5.82 Å². The van der Waals surface area contributed by atoms with Crippen molar-refractivity contribution in [3.05, 3.63) is 11.3 Å². The standard InChI is InChI=1S/C17H27N3O2/c1-10-5-4-6-14(9-10)22-12(3)17(21)18-16-11(2)15(19-20-16)13-7-8-13/h10,12-14H,4-9H2,1-3H3,(H2,18,19,20,21). The summed E-state index contributed by atoms with van der Waals surface area (Å²) in [6, 6.07) is 0. The molecule has 122 valence electrons. The molecule has 22 heavy (non-hydrogen) atoms. The molecule has 1 amide bonds. The van der Waals surface area contributed by atoms with Gasteiger partial charge in [-0.1, -0.05) is 19.8 Å². The molecule has 3 unspecified atom stereocenters. The fourth-order valence-corrected chi connectivity index (χ4v) is 3.37. The van der Waals surface area contributed by atoms with Crippen LogP contribution in [0.5, 0.6) is 0 Å². The zero-order valence-electron chi connectivity index (χ0n) is 13.8. The zero-order chi connectivity index (χ0) is 15.7. The Morgan fingerprint density at radius 2 is 2.14 bits per heavy atom. The highest BCUT2D eigenvalue weighted by Crippen LogP contribution is 2.41. The average molecular weight is 305 g/mol. The van der Waals surface area contributed by atoms with E-state index in [0.29, 0.717) is 17.7 Å². The molecule has 0 spiro atoms. The van der Waals surface area contributed by atoms with E-state index in [4.69, 9.17) is 4.74 Å². The molecule has 2 aliphatic carbocycles. The first kappa shape index (κ1) is 15.5. The van der Waals surface area contributed by atoms with E-state index in [0.717, 1.165) is 18.4 Å². The van der Waals surface area contributed by atoms with Gasteiger partial charge in [-0.25, -0.2) is 0 Å². The van der Waals surface area contributed by atoms with Crippen molar-refractivity contribution >= 4 is 11.7 Å². The maximum Gasteiger partial charge on any atom is 0.254 e. The Morgan fingerprint density at radius 3 is 2.82 bits per heavy atom. The summed E-state index contributed by atoms with van der Waals surface area (Å²) < 4.78 is 5.95. The average Bonchev–Trinajstić information content (AvgIpc) is 3.25. The summed E-state index contributed by atoms with van der Waals surface area (Å²) in [5.74, 6) is 1.86. The van der Waals surface area contributed by atoms with E-state index < -0.39 is 6.10 Å². The highest BCUT2D eigenvalue weighted by atomic mass is 16.5. The van der Waals surface area contributed by atoms with Crippen molar-refractivity contribution in [2.45, 2.75) is 77.4 Å². The highest BCUT2D eigenvalue weighted by molar-refractivity contribution is 5.93. The molecule has 2 aliphatic rings. The van der Waals surface area contributed by atoms with Gasteiger partial charge in [0.15, 0.2) is 5.82 Å². The number of hydrogen-bond donors (Lipinski definition) is 2. The van der Waals surface area contributed by atoms with Gasteiger partial charge in [0.1, 0.15) is 6.10 Å². The maximum absolute atomic E-state index is 12.3. The lowest BCUT2D eigenvalue weighted by molar-refractivity contribution is -0.131. The van der Waals surface area contributed by atoms with Crippen molar-refractivity contribution in [1.29, 1.82) is 0 Å². The van der Waals surface area contributed by atoms with Gasteiger partial charge in [-0.3, -0.25) is 9.89 Å². The number of aromatic amines is 1. The van der Waals surface area contributed by atoms with Crippen molar-refractivity contribution in [3.63, 3.8) is 0 Å². The van der Waals surface area contributed by atoms with Crippen molar-refractivity contribution < 1.29 is 9.53 Å². The molecular weight excluding hydrogens is 278 g/mol. The summed E-state index contributed by atoms with van der Waals surface area (Å²) in [5, 5.41) is 10.2. The van der Waals surface area contributed by atoms with E-state index in [1.807, 2.05) is 13.8 Å². The number of ether oxygens (including phenoxy) is 1. The van der Waals surface area contributed by atoms with Gasteiger partial charge in [-0.2, -0.15) is 5.10 Å². The van der Waals surface area contributed by atoms with Crippen LogP contribution in [0, 0.1) is 12.8 Å². The Kier molecular flexibility index (Phi) is 4.52. The minimum absolute atomic E-state index is 0.102. The monoisotopic (exact) mass is 305 g/mol. The van der Waals surface area contributed by atoms with Crippen molar-refractivity contribution in [2.24, 2.45) is 5.92 Å². The molecule has 0 bridgehead atoms. The SMILES string of the molecule is Cc1c(NC(=O)C(C)OC2CCCC(C)C2)n[nH]c1C1CC1. The first-order valence-corrected chi connectivity index (χ1v) is 8.55. The van der Waals surface area contributed by atoms with Gasteiger partial charge in [0.2, 0.25) is 0 Å². The molecule has 3 rings (SSSR count). The Morgan fingerprint density at radius 1 is 1.36 bits per heavy atom. The Balaban J connectivity index is 1.54. The van der Waals surface area contributed by atoms with Crippen molar-refractivity contribution in [2.75, 3.05) is 5.32 Å². The highest BCUT2D eigenvalue weighted by Gasteiger charge is 2.29. The van der Waals surface area contributed by atoms with Crippen LogP contribution in [0.15, 0.2) is 0 Å². The first-order valence-electron chi connectivity index (χ1n) is 8.55. The molecule has 2 saturated carbocycles. The second-order valence-electron chi connectivity index (χ2n) is 7.05. The van der Waals surface area contributed by atoms with Crippen molar-refractivity contribution in [3.8, 4) is 0 Å². The predicted molar refractivity (Wildman–Crippen MR) is 85.9 cm³/mol. The predicted octanol–water partition coefficient (Wildman–Crippen LogP) is 3.52. The molecule has 5 nitrogen and oxygen atoms in total. The van der Waals surface area contributed by atoms with Crippen LogP contribution < -0.4 is 5.32 Å². The van der Waals surface area contributed by atoms with E-state index in [1.165, 1.54) is 31.4 Å². The van der Waals surface area contributed by atoms with Crippen LogP contribution >= 0.6 is 0 Å². The van der Waals surface area contributed by atoms with E-state index in [9.17, 15) is 4.79 Å². The quantitative estimate of drug-likeness (QED) is 0.874. The molecule has 2 fully saturated rings. The lowest BCUT2D eigenvalue weighted by atomic mass is 9.88. The van der Waals surface area contributed by atoms with Crippen LogP contribution in [0.25, 0.3) is 0 Å². The van der Waals surface area contributed by atoms with E-state index in [1.54, 1.807) is 0 Å². The third-order valence-electron chi connectivity index (χ3n) is 4.93. The van der Waals surface area contributed by atoms with Crippen LogP contribution in [-0.2, 0) is 9.53 Å². The minimum atomic E-state index is -0.434. The van der Waals surface area contributed by atoms with E-state index >= 15 is 0 Å². The summed E-state index contributed by atoms with van der Waals surface area (Å²) in [6.07, 6.45) is 6.81. The summed E-state index contributed by atoms with van der Waals surface area (Å²) in [5.41, 5.74) is 2.24. The van der Waals surface area contributed by atoms with Gasteiger partial charge in [0.25, 0.3) is 5.91 Å². The number of aromatic nitrogens is 2. The maximum atomic E-state index is 12.3. The van der Waals surface area contributed by atoms with Crippen LogP contribution in [0.3, 0.4) is 0 Å². The lowest BCUT2D eigenvalue weighted by Crippen LogP contribution is -2.33. The first-order chi connectivity index (χ1) is 10.5. The van der Waals surface area contributed by atoms with E-state index in [2.05, 4.69) is 22.4 Å². The largest absolute Gasteiger partial charge is 0.365 e. The third-order valence-corrected chi connectivity index (χ3v) is 4.93. The van der Waals surface area contributed by atoms with Gasteiger partial charge in [-0.15, -0.1) is 0 Å². The summed E-state index contributed by atoms with van der Waals surface area (Å²) in [6.45, 7) is 6.10. The molecule has 0 aliphatic heterocycles. The molecule has 5 heteroatoms. The van der Waals surface area contributed by atoms with E-state index in [-0.39, 0.29) is 12.0 Å². The lowest BCUT2D eigenvalue weighted by Gasteiger charge is -2.28. The number of carbonyl (C=O) groups excluding carboxylic acids is 1. The number of nitrogens with zero attached hydrogens (tertiary/aromatic N) is 1. The number of carbonyl (C=O) groups is 1. The number of amides is 1. The van der Waals surface area contributed by atoms with Gasteiger partial charge in [0.05, 0.1) is 6.10 Å². The molecule has 1 aromatic rings. The van der Waals surface area contributed by atoms with Crippen LogP contribution in [-0.4, -0.2) is 28.3 Å². The van der Waals surface area contributed by atoms with Gasteiger partial charge in [-0.05, 0) is 45.4 Å². The molecule has 0 aromatic carbocycles. The minimum Gasteiger partial charge on any atom is -0.365 e. The third kappa shape index (κ3) is 3.51. The molecule has 3 atom stereocenters. The summed E-state index contributed by atoms with van der Waals surface area (Å²) in [4.78, 5) is 12.3. The fraction of sp³-hybridized carbons (Fsp3) is 0.765. The molecule has 0 radical (unpaired) electrons. The van der Waals surface area contributed by atoms with Crippen molar-refractivity contribution in [1.82, 2.24) is 10.2 Å². The number of anilines is 1. The summed E-state index contributed by atoms with van der Waals surface area (Å²) in [7, 11) is 0. The number of rotatable bonds is 5. The van der Waals surface area contributed by atoms with Crippen LogP contribution in [0.2, 0.25) is 0 Å². The van der Waals surface area contributed by atoms with Gasteiger partial charge in [0, 0.05) is 17.2 Å². The fourth-order valence-electron chi connectivity index (χ4n) is 3.37. The molecular formula is C17H27N3O2. The zero-order valence-corrected chi connectivity index (χ0v) is 13.8. The Bertz CT molecular complexity index is 536. The number of nitrogens with one attached hydrogen (secondary N) is 2. The smallest absolute Gasteiger partial charge is 0.254 e. The second-order valence-corrected chi connectivity index (χ2v) is 7.05. The van der Waals surface area contributed by atoms with Gasteiger partial charge < -0.3 is 10.1 Å². The summed E-state index contributed by atoms with van der Waals surface area (Å²) >= 11 is 0. The Labute approximate surface area is 132 Å². The molecule has 1 aromatic heterocycles. The van der Waals surface area contributed by atoms with Crippen LogP contribution in [0.1, 0.15) is 69.5 Å². The molecule has 0 saturated heterocycles. The second kappa shape index (κ2) is 6.41. The number of H-pyrrole nitrogens is 1. The number of hydrogen-bond acceptors (Lipinski definition) is 3. The molecule has 1 heterocycles. The normalized spacial score (nSPS) is 26.7. The molecule has 2 N–H and O–H groups in total. The Hall–Kier alpha value is -1.36.